The smallest absolute Gasteiger partial charge is 0.0799 e. The third-order valence-electron chi connectivity index (χ3n) is 3.33. The predicted molar refractivity (Wildman–Crippen MR) is 61.9 cm³/mol. The van der Waals surface area contributed by atoms with Gasteiger partial charge in [-0.2, -0.15) is 0 Å². The quantitative estimate of drug-likeness (QED) is 0.721. The summed E-state index contributed by atoms with van der Waals surface area (Å²) >= 11 is 3.50. The summed E-state index contributed by atoms with van der Waals surface area (Å²) in [6.07, 6.45) is 4.76. The van der Waals surface area contributed by atoms with Crippen LogP contribution in [0, 0.1) is 5.92 Å². The van der Waals surface area contributed by atoms with E-state index in [0.29, 0.717) is 12.1 Å². The van der Waals surface area contributed by atoms with Crippen LogP contribution in [0.4, 0.5) is 0 Å². The average Bonchev–Trinajstić information content (AvgIpc) is 3.00. The second kappa shape index (κ2) is 4.95. The fourth-order valence-corrected chi connectivity index (χ4v) is 2.43. The Kier molecular flexibility index (Phi) is 3.86. The Morgan fingerprint density at radius 2 is 2.21 bits per heavy atom. The van der Waals surface area contributed by atoms with Gasteiger partial charge in [-0.25, -0.2) is 0 Å². The number of hydrogen-bond donors (Lipinski definition) is 0. The molecule has 1 aliphatic carbocycles. The van der Waals surface area contributed by atoms with E-state index >= 15 is 0 Å². The molecule has 0 spiro atoms. The highest BCUT2D eigenvalue weighted by atomic mass is 79.9. The van der Waals surface area contributed by atoms with Crippen molar-refractivity contribution in [2.45, 2.75) is 38.3 Å². The molecule has 0 N–H and O–H groups in total. The number of alkyl halides is 1. The Morgan fingerprint density at radius 1 is 1.43 bits per heavy atom. The van der Waals surface area contributed by atoms with Crippen LogP contribution in [0.25, 0.3) is 0 Å². The van der Waals surface area contributed by atoms with E-state index in [0.717, 1.165) is 24.4 Å². The van der Waals surface area contributed by atoms with Crippen LogP contribution in [0.3, 0.4) is 0 Å². The van der Waals surface area contributed by atoms with Gasteiger partial charge in [0.25, 0.3) is 0 Å². The molecule has 0 amide bonds. The summed E-state index contributed by atoms with van der Waals surface area (Å²) in [6.45, 7) is 5.57. The molecular formula is C11H20BrNO. The molecule has 2 rings (SSSR count). The van der Waals surface area contributed by atoms with E-state index in [4.69, 9.17) is 4.74 Å². The van der Waals surface area contributed by atoms with E-state index in [9.17, 15) is 0 Å². The molecule has 0 radical (unpaired) electrons. The lowest BCUT2D eigenvalue weighted by atomic mass is 10.2. The topological polar surface area (TPSA) is 12.5 Å². The van der Waals surface area contributed by atoms with E-state index in [1.54, 1.807) is 0 Å². The Hall–Kier alpha value is 0.400. The molecule has 82 valence electrons. The summed E-state index contributed by atoms with van der Waals surface area (Å²) in [7, 11) is 0. The fourth-order valence-electron chi connectivity index (χ4n) is 2.03. The molecule has 0 aromatic carbocycles. The molecule has 2 unspecified atom stereocenters. The van der Waals surface area contributed by atoms with Gasteiger partial charge in [-0.15, -0.1) is 0 Å². The lowest BCUT2D eigenvalue weighted by Gasteiger charge is -2.37. The maximum absolute atomic E-state index is 5.70. The van der Waals surface area contributed by atoms with Crippen molar-refractivity contribution < 1.29 is 4.74 Å². The third kappa shape index (κ3) is 2.94. The SMILES string of the molecule is CC1COC(CBr)CN1CCC1CC1. The minimum atomic E-state index is 0.408. The van der Waals surface area contributed by atoms with Gasteiger partial charge in [0, 0.05) is 17.9 Å². The number of ether oxygens (including phenoxy) is 1. The van der Waals surface area contributed by atoms with E-state index < -0.39 is 0 Å². The summed E-state index contributed by atoms with van der Waals surface area (Å²) < 4.78 is 5.70. The van der Waals surface area contributed by atoms with Crippen LogP contribution >= 0.6 is 15.9 Å². The first-order valence-corrected chi connectivity index (χ1v) is 6.83. The number of nitrogens with zero attached hydrogens (tertiary/aromatic N) is 1. The molecule has 2 fully saturated rings. The van der Waals surface area contributed by atoms with E-state index in [-0.39, 0.29) is 0 Å². The molecule has 0 aromatic heterocycles. The monoisotopic (exact) mass is 261 g/mol. The third-order valence-corrected chi connectivity index (χ3v) is 4.05. The van der Waals surface area contributed by atoms with Crippen molar-refractivity contribution >= 4 is 15.9 Å². The first kappa shape index (κ1) is 10.9. The zero-order chi connectivity index (χ0) is 9.97. The summed E-state index contributed by atoms with van der Waals surface area (Å²) in [5.74, 6) is 1.05. The molecule has 0 aromatic rings. The molecule has 1 heterocycles. The second-order valence-corrected chi connectivity index (χ2v) is 5.33. The minimum Gasteiger partial charge on any atom is -0.374 e. The molecule has 1 aliphatic heterocycles. The van der Waals surface area contributed by atoms with Crippen LogP contribution in [-0.2, 0) is 4.74 Å². The highest BCUT2D eigenvalue weighted by Crippen LogP contribution is 2.32. The van der Waals surface area contributed by atoms with E-state index in [2.05, 4.69) is 27.8 Å². The van der Waals surface area contributed by atoms with Crippen LogP contribution in [0.15, 0.2) is 0 Å². The Labute approximate surface area is 95.1 Å². The van der Waals surface area contributed by atoms with Crippen LogP contribution in [0.5, 0.6) is 0 Å². The molecule has 2 nitrogen and oxygen atoms in total. The normalized spacial score (nSPS) is 34.7. The Balaban J connectivity index is 1.74. The van der Waals surface area contributed by atoms with Crippen LogP contribution in [0.2, 0.25) is 0 Å². The van der Waals surface area contributed by atoms with Gasteiger partial charge in [-0.1, -0.05) is 28.8 Å². The number of halogens is 1. The molecule has 3 heteroatoms. The van der Waals surface area contributed by atoms with Crippen molar-refractivity contribution in [3.63, 3.8) is 0 Å². The van der Waals surface area contributed by atoms with Gasteiger partial charge in [0.05, 0.1) is 12.7 Å². The zero-order valence-corrected chi connectivity index (χ0v) is 10.5. The summed E-state index contributed by atoms with van der Waals surface area (Å²) in [4.78, 5) is 2.59. The van der Waals surface area contributed by atoms with Gasteiger partial charge in [0.2, 0.25) is 0 Å². The Morgan fingerprint density at radius 3 is 2.86 bits per heavy atom. The fraction of sp³-hybridized carbons (Fsp3) is 1.00. The molecule has 2 aliphatic rings. The van der Waals surface area contributed by atoms with Crippen molar-refractivity contribution in [1.29, 1.82) is 0 Å². The summed E-state index contributed by atoms with van der Waals surface area (Å²) in [5.41, 5.74) is 0. The zero-order valence-electron chi connectivity index (χ0n) is 8.92. The molecule has 14 heavy (non-hydrogen) atoms. The van der Waals surface area contributed by atoms with Crippen molar-refractivity contribution in [3.05, 3.63) is 0 Å². The standard InChI is InChI=1S/C11H20BrNO/c1-9-8-14-11(6-12)7-13(9)5-4-10-2-3-10/h9-11H,2-8H2,1H3. The van der Waals surface area contributed by atoms with Gasteiger partial charge in [0.1, 0.15) is 0 Å². The van der Waals surface area contributed by atoms with E-state index in [1.165, 1.54) is 25.8 Å². The number of rotatable bonds is 4. The highest BCUT2D eigenvalue weighted by Gasteiger charge is 2.27. The molecule has 0 bridgehead atoms. The van der Waals surface area contributed by atoms with Gasteiger partial charge in [0.15, 0.2) is 0 Å². The second-order valence-electron chi connectivity index (χ2n) is 4.69. The van der Waals surface area contributed by atoms with Crippen LogP contribution < -0.4 is 0 Å². The Bertz CT molecular complexity index is 184. The van der Waals surface area contributed by atoms with Crippen molar-refractivity contribution in [3.8, 4) is 0 Å². The lowest BCUT2D eigenvalue weighted by molar-refractivity contribution is -0.0472. The predicted octanol–water partition coefficient (Wildman–Crippen LogP) is 2.27. The summed E-state index contributed by atoms with van der Waals surface area (Å²) in [6, 6.07) is 0.615. The number of hydrogen-bond acceptors (Lipinski definition) is 2. The largest absolute Gasteiger partial charge is 0.374 e. The van der Waals surface area contributed by atoms with Gasteiger partial charge in [-0.05, 0) is 25.8 Å². The van der Waals surface area contributed by atoms with Crippen LogP contribution in [-0.4, -0.2) is 42.1 Å². The number of morpholine rings is 1. The average molecular weight is 262 g/mol. The summed E-state index contributed by atoms with van der Waals surface area (Å²) in [5, 5.41) is 0.972. The van der Waals surface area contributed by atoms with Crippen molar-refractivity contribution in [2.24, 2.45) is 5.92 Å². The maximum atomic E-state index is 5.70. The maximum Gasteiger partial charge on any atom is 0.0799 e. The molecule has 2 atom stereocenters. The van der Waals surface area contributed by atoms with Crippen molar-refractivity contribution in [1.82, 2.24) is 4.90 Å². The molecular weight excluding hydrogens is 242 g/mol. The minimum absolute atomic E-state index is 0.408. The van der Waals surface area contributed by atoms with Gasteiger partial charge >= 0.3 is 0 Å². The van der Waals surface area contributed by atoms with Gasteiger partial charge in [-0.3, -0.25) is 4.90 Å². The molecule has 1 saturated carbocycles. The first-order chi connectivity index (χ1) is 6.79. The highest BCUT2D eigenvalue weighted by molar-refractivity contribution is 9.09. The van der Waals surface area contributed by atoms with Crippen molar-refractivity contribution in [2.75, 3.05) is 25.0 Å². The van der Waals surface area contributed by atoms with Crippen LogP contribution in [0.1, 0.15) is 26.2 Å². The molecule has 1 saturated heterocycles. The lowest BCUT2D eigenvalue weighted by Crippen LogP contribution is -2.49. The van der Waals surface area contributed by atoms with E-state index in [1.807, 2.05) is 0 Å². The van der Waals surface area contributed by atoms with Gasteiger partial charge < -0.3 is 4.74 Å². The first-order valence-electron chi connectivity index (χ1n) is 5.71.